The number of nitrogens with zero attached hydrogens (tertiary/aromatic N) is 2. The standard InChI is InChI=1S/C7H12N2/c1-7(2)4-5-9(3)8-6-7/h4-6H,1-3H3. The topological polar surface area (TPSA) is 15.6 Å². The summed E-state index contributed by atoms with van der Waals surface area (Å²) in [6.45, 7) is 4.25. The Hall–Kier alpha value is -0.790. The van der Waals surface area contributed by atoms with Crippen LogP contribution in [-0.4, -0.2) is 18.3 Å². The van der Waals surface area contributed by atoms with Crippen molar-refractivity contribution in [2.45, 2.75) is 13.8 Å². The molecule has 0 fully saturated rings. The van der Waals surface area contributed by atoms with Crippen molar-refractivity contribution in [3.63, 3.8) is 0 Å². The van der Waals surface area contributed by atoms with Crippen molar-refractivity contribution >= 4 is 6.21 Å². The van der Waals surface area contributed by atoms with Gasteiger partial charge in [0, 0.05) is 24.9 Å². The van der Waals surface area contributed by atoms with Gasteiger partial charge in [0.05, 0.1) is 0 Å². The minimum Gasteiger partial charge on any atom is -0.276 e. The van der Waals surface area contributed by atoms with Crippen LogP contribution in [0.5, 0.6) is 0 Å². The molecule has 2 heteroatoms. The van der Waals surface area contributed by atoms with E-state index < -0.39 is 0 Å². The Kier molecular flexibility index (Phi) is 1.31. The first-order valence-electron chi connectivity index (χ1n) is 3.07. The van der Waals surface area contributed by atoms with E-state index in [1.165, 1.54) is 0 Å². The zero-order valence-electron chi connectivity index (χ0n) is 6.13. The molecule has 2 nitrogen and oxygen atoms in total. The third kappa shape index (κ3) is 1.56. The summed E-state index contributed by atoms with van der Waals surface area (Å²) in [5.74, 6) is 0. The van der Waals surface area contributed by atoms with E-state index in [1.807, 2.05) is 19.5 Å². The molecule has 1 aliphatic heterocycles. The Morgan fingerprint density at radius 3 is 2.44 bits per heavy atom. The van der Waals surface area contributed by atoms with Crippen molar-refractivity contribution in [3.8, 4) is 0 Å². The first-order chi connectivity index (χ1) is 4.10. The molecule has 0 aliphatic carbocycles. The Balaban J connectivity index is 2.70. The first-order valence-corrected chi connectivity index (χ1v) is 3.07. The average Bonchev–Trinajstić information content (AvgIpc) is 1.78. The molecule has 0 bridgehead atoms. The van der Waals surface area contributed by atoms with Crippen LogP contribution >= 0.6 is 0 Å². The van der Waals surface area contributed by atoms with Crippen molar-refractivity contribution in [1.29, 1.82) is 0 Å². The van der Waals surface area contributed by atoms with Gasteiger partial charge in [-0.3, -0.25) is 5.01 Å². The van der Waals surface area contributed by atoms with Gasteiger partial charge in [-0.15, -0.1) is 0 Å². The number of allylic oxidation sites excluding steroid dienone is 1. The van der Waals surface area contributed by atoms with E-state index in [0.29, 0.717) is 0 Å². The molecule has 0 N–H and O–H groups in total. The predicted octanol–water partition coefficient (Wildman–Crippen LogP) is 1.46. The number of hydrazone groups is 1. The zero-order valence-corrected chi connectivity index (χ0v) is 6.13. The molecular formula is C7H12N2. The van der Waals surface area contributed by atoms with Crippen molar-refractivity contribution in [1.82, 2.24) is 5.01 Å². The molecule has 1 aliphatic rings. The highest BCUT2D eigenvalue weighted by Crippen LogP contribution is 2.17. The van der Waals surface area contributed by atoms with Crippen molar-refractivity contribution in [2.24, 2.45) is 10.5 Å². The minimum absolute atomic E-state index is 0.145. The lowest BCUT2D eigenvalue weighted by Crippen LogP contribution is -2.18. The largest absolute Gasteiger partial charge is 0.276 e. The van der Waals surface area contributed by atoms with Gasteiger partial charge in [0.2, 0.25) is 0 Å². The van der Waals surface area contributed by atoms with Gasteiger partial charge in [-0.1, -0.05) is 19.9 Å². The van der Waals surface area contributed by atoms with Gasteiger partial charge in [0.15, 0.2) is 0 Å². The smallest absolute Gasteiger partial charge is 0.0343 e. The number of hydrogen-bond donors (Lipinski definition) is 0. The van der Waals surface area contributed by atoms with Crippen LogP contribution in [0.25, 0.3) is 0 Å². The molecule has 0 unspecified atom stereocenters. The van der Waals surface area contributed by atoms with Gasteiger partial charge in [0.25, 0.3) is 0 Å². The maximum absolute atomic E-state index is 4.10. The molecule has 50 valence electrons. The second-order valence-electron chi connectivity index (χ2n) is 2.96. The monoisotopic (exact) mass is 124 g/mol. The lowest BCUT2D eigenvalue weighted by atomic mass is 9.95. The van der Waals surface area contributed by atoms with Gasteiger partial charge < -0.3 is 0 Å². The number of hydrogen-bond acceptors (Lipinski definition) is 2. The minimum atomic E-state index is 0.145. The highest BCUT2D eigenvalue weighted by atomic mass is 15.4. The third-order valence-corrected chi connectivity index (χ3v) is 1.29. The van der Waals surface area contributed by atoms with Gasteiger partial charge in [-0.05, 0) is 0 Å². The highest BCUT2D eigenvalue weighted by molar-refractivity contribution is 5.68. The van der Waals surface area contributed by atoms with Crippen LogP contribution in [0, 0.1) is 5.41 Å². The Labute approximate surface area is 55.9 Å². The lowest BCUT2D eigenvalue weighted by Gasteiger charge is -2.20. The third-order valence-electron chi connectivity index (χ3n) is 1.29. The Bertz CT molecular complexity index is 140. The molecule has 0 aromatic heterocycles. The molecule has 1 rings (SSSR count). The fourth-order valence-corrected chi connectivity index (χ4v) is 0.621. The van der Waals surface area contributed by atoms with Crippen LogP contribution < -0.4 is 0 Å². The highest BCUT2D eigenvalue weighted by Gasteiger charge is 2.12. The second-order valence-corrected chi connectivity index (χ2v) is 2.96. The summed E-state index contributed by atoms with van der Waals surface area (Å²) in [5.41, 5.74) is 0.145. The summed E-state index contributed by atoms with van der Waals surface area (Å²) in [4.78, 5) is 0. The van der Waals surface area contributed by atoms with Gasteiger partial charge in [-0.2, -0.15) is 5.10 Å². The quantitative estimate of drug-likeness (QED) is 0.477. The summed E-state index contributed by atoms with van der Waals surface area (Å²) < 4.78 is 0. The molecule has 0 aromatic rings. The van der Waals surface area contributed by atoms with Crippen LogP contribution in [0.4, 0.5) is 0 Å². The van der Waals surface area contributed by atoms with E-state index in [9.17, 15) is 0 Å². The molecule has 0 aromatic carbocycles. The Morgan fingerprint density at radius 2 is 2.11 bits per heavy atom. The fraction of sp³-hybridized carbons (Fsp3) is 0.571. The molecule has 1 heterocycles. The summed E-state index contributed by atoms with van der Waals surface area (Å²) in [7, 11) is 1.92. The van der Waals surface area contributed by atoms with Crippen LogP contribution in [0.15, 0.2) is 17.4 Å². The molecular weight excluding hydrogens is 112 g/mol. The van der Waals surface area contributed by atoms with Gasteiger partial charge >= 0.3 is 0 Å². The predicted molar refractivity (Wildman–Crippen MR) is 39.2 cm³/mol. The van der Waals surface area contributed by atoms with E-state index >= 15 is 0 Å². The summed E-state index contributed by atoms with van der Waals surface area (Å²) in [6.07, 6.45) is 6.03. The lowest BCUT2D eigenvalue weighted by molar-refractivity contribution is 0.458. The molecule has 0 saturated carbocycles. The summed E-state index contributed by atoms with van der Waals surface area (Å²) >= 11 is 0. The van der Waals surface area contributed by atoms with Crippen molar-refractivity contribution in [3.05, 3.63) is 12.3 Å². The van der Waals surface area contributed by atoms with Crippen LogP contribution in [0.2, 0.25) is 0 Å². The van der Waals surface area contributed by atoms with E-state index in [1.54, 1.807) is 5.01 Å². The first kappa shape index (κ1) is 6.33. The van der Waals surface area contributed by atoms with Crippen LogP contribution in [-0.2, 0) is 0 Å². The summed E-state index contributed by atoms with van der Waals surface area (Å²) in [5, 5.41) is 5.90. The fourth-order valence-electron chi connectivity index (χ4n) is 0.621. The maximum Gasteiger partial charge on any atom is 0.0343 e. The molecule has 9 heavy (non-hydrogen) atoms. The van der Waals surface area contributed by atoms with E-state index in [2.05, 4.69) is 25.0 Å². The molecule has 0 radical (unpaired) electrons. The molecule has 0 amide bonds. The molecule has 0 spiro atoms. The maximum atomic E-state index is 4.10. The van der Waals surface area contributed by atoms with Crippen LogP contribution in [0.3, 0.4) is 0 Å². The average molecular weight is 124 g/mol. The normalized spacial score (nSPS) is 22.8. The molecule has 0 saturated heterocycles. The van der Waals surface area contributed by atoms with E-state index in [4.69, 9.17) is 0 Å². The number of rotatable bonds is 0. The second kappa shape index (κ2) is 1.87. The zero-order chi connectivity index (χ0) is 6.91. The summed E-state index contributed by atoms with van der Waals surface area (Å²) in [6, 6.07) is 0. The van der Waals surface area contributed by atoms with Crippen molar-refractivity contribution < 1.29 is 0 Å². The van der Waals surface area contributed by atoms with E-state index in [-0.39, 0.29) is 5.41 Å². The van der Waals surface area contributed by atoms with Gasteiger partial charge in [-0.25, -0.2) is 0 Å². The van der Waals surface area contributed by atoms with Gasteiger partial charge in [0.1, 0.15) is 0 Å². The SMILES string of the molecule is CN1C=CC(C)(C)C=N1. The molecule has 0 atom stereocenters. The Morgan fingerprint density at radius 1 is 1.44 bits per heavy atom. The van der Waals surface area contributed by atoms with E-state index in [0.717, 1.165) is 0 Å². The van der Waals surface area contributed by atoms with Crippen molar-refractivity contribution in [2.75, 3.05) is 7.05 Å². The van der Waals surface area contributed by atoms with Crippen LogP contribution in [0.1, 0.15) is 13.8 Å².